The number of hydrogen-bond acceptors (Lipinski definition) is 5. The van der Waals surface area contributed by atoms with Gasteiger partial charge in [0.2, 0.25) is 5.91 Å². The molecule has 2 aliphatic rings. The second-order valence-corrected chi connectivity index (χ2v) is 7.94. The maximum Gasteiger partial charge on any atom is 0.405 e. The van der Waals surface area contributed by atoms with Crippen molar-refractivity contribution in [1.82, 2.24) is 15.3 Å². The van der Waals surface area contributed by atoms with E-state index in [1.807, 2.05) is 10.2 Å². The van der Waals surface area contributed by atoms with Crippen molar-refractivity contribution in [3.8, 4) is 0 Å². The topological polar surface area (TPSA) is 58.1 Å². The highest BCUT2D eigenvalue weighted by atomic mass is 32.1. The number of rotatable bonds is 3. The van der Waals surface area contributed by atoms with Gasteiger partial charge in [-0.15, -0.1) is 11.3 Å². The predicted octanol–water partition coefficient (Wildman–Crippen LogP) is 3.07. The minimum atomic E-state index is -4.39. The third-order valence-corrected chi connectivity index (χ3v) is 6.24. The second-order valence-electron chi connectivity index (χ2n) is 6.85. The molecule has 140 valence electrons. The summed E-state index contributed by atoms with van der Waals surface area (Å²) in [6.07, 6.45) is 1.71. The summed E-state index contributed by atoms with van der Waals surface area (Å²) in [4.78, 5) is 25.4. The fourth-order valence-electron chi connectivity index (χ4n) is 3.87. The van der Waals surface area contributed by atoms with Crippen LogP contribution in [0.3, 0.4) is 0 Å². The molecule has 1 N–H and O–H groups in total. The van der Waals surface area contributed by atoms with Crippen LogP contribution in [0.5, 0.6) is 0 Å². The Morgan fingerprint density at radius 2 is 2.15 bits per heavy atom. The molecule has 1 aliphatic heterocycles. The highest BCUT2D eigenvalue weighted by Gasteiger charge is 2.32. The summed E-state index contributed by atoms with van der Waals surface area (Å²) in [6.45, 7) is -0.141. The highest BCUT2D eigenvalue weighted by molar-refractivity contribution is 7.19. The lowest BCUT2D eigenvalue weighted by Gasteiger charge is -2.33. The maximum atomic E-state index is 12.4. The minimum Gasteiger partial charge on any atom is -0.355 e. The molecule has 26 heavy (non-hydrogen) atoms. The van der Waals surface area contributed by atoms with Gasteiger partial charge < -0.3 is 10.2 Å². The molecule has 0 saturated carbocycles. The summed E-state index contributed by atoms with van der Waals surface area (Å²) in [5.41, 5.74) is 1.31. The van der Waals surface area contributed by atoms with Gasteiger partial charge in [0.05, 0.1) is 11.3 Å². The Kier molecular flexibility index (Phi) is 4.50. The number of hydrogen-bond donors (Lipinski definition) is 1. The van der Waals surface area contributed by atoms with Crippen molar-refractivity contribution in [3.63, 3.8) is 0 Å². The smallest absolute Gasteiger partial charge is 0.355 e. The molecule has 2 aromatic rings. The normalized spacial score (nSPS) is 20.4. The molecule has 0 aromatic carbocycles. The molecule has 1 amide bonds. The number of nitrogens with zero attached hydrogens (tertiary/aromatic N) is 3. The van der Waals surface area contributed by atoms with E-state index >= 15 is 0 Å². The molecule has 2 aromatic heterocycles. The van der Waals surface area contributed by atoms with Gasteiger partial charge in [0.15, 0.2) is 0 Å². The summed E-state index contributed by atoms with van der Waals surface area (Å²) in [5.74, 6) is -0.168. The van der Waals surface area contributed by atoms with E-state index in [4.69, 9.17) is 0 Å². The Morgan fingerprint density at radius 1 is 1.31 bits per heavy atom. The van der Waals surface area contributed by atoms with Crippen LogP contribution >= 0.6 is 11.3 Å². The molecule has 3 heterocycles. The molecule has 1 unspecified atom stereocenters. The zero-order valence-corrected chi connectivity index (χ0v) is 14.9. The van der Waals surface area contributed by atoms with Crippen LogP contribution in [0, 0.1) is 5.92 Å². The number of carbonyl (C=O) groups excluding carboxylic acids is 1. The van der Waals surface area contributed by atoms with Gasteiger partial charge in [-0.05, 0) is 37.7 Å². The van der Waals surface area contributed by atoms with Gasteiger partial charge in [-0.3, -0.25) is 4.79 Å². The number of anilines is 1. The minimum absolute atomic E-state index is 0.389. The lowest BCUT2D eigenvalue weighted by Crippen LogP contribution is -2.45. The van der Waals surface area contributed by atoms with Crippen molar-refractivity contribution < 1.29 is 18.0 Å². The SMILES string of the molecule is O=C(NCC(F)(F)F)C1CCCN(c2ncnc3sc4c(c23)CCC4)C1. The fourth-order valence-corrected chi connectivity index (χ4v) is 5.09. The number of nitrogens with one attached hydrogen (secondary N) is 1. The summed E-state index contributed by atoms with van der Waals surface area (Å²) in [7, 11) is 0. The number of thiophene rings is 1. The zero-order chi connectivity index (χ0) is 18.3. The molecule has 4 rings (SSSR count). The van der Waals surface area contributed by atoms with Crippen LogP contribution in [0.4, 0.5) is 19.0 Å². The third-order valence-electron chi connectivity index (χ3n) is 5.04. The summed E-state index contributed by atoms with van der Waals surface area (Å²) < 4.78 is 37.1. The average molecular weight is 384 g/mol. The van der Waals surface area contributed by atoms with Crippen LogP contribution in [-0.2, 0) is 17.6 Å². The highest BCUT2D eigenvalue weighted by Crippen LogP contribution is 2.40. The first-order chi connectivity index (χ1) is 12.4. The largest absolute Gasteiger partial charge is 0.405 e. The quantitative estimate of drug-likeness (QED) is 0.884. The van der Waals surface area contributed by atoms with Crippen molar-refractivity contribution in [2.24, 2.45) is 5.92 Å². The van der Waals surface area contributed by atoms with E-state index in [1.54, 1.807) is 11.3 Å². The Bertz CT molecular complexity index is 835. The average Bonchev–Trinajstić information content (AvgIpc) is 3.19. The van der Waals surface area contributed by atoms with E-state index in [0.717, 1.165) is 48.3 Å². The zero-order valence-electron chi connectivity index (χ0n) is 14.1. The first-order valence-electron chi connectivity index (χ1n) is 8.77. The first kappa shape index (κ1) is 17.5. The Morgan fingerprint density at radius 3 is 2.96 bits per heavy atom. The Balaban J connectivity index is 1.55. The first-order valence-corrected chi connectivity index (χ1v) is 9.58. The molecular weight excluding hydrogens is 365 g/mol. The lowest BCUT2D eigenvalue weighted by molar-refractivity contribution is -0.140. The van der Waals surface area contributed by atoms with E-state index in [2.05, 4.69) is 9.97 Å². The van der Waals surface area contributed by atoms with Crippen molar-refractivity contribution >= 4 is 33.3 Å². The molecule has 0 bridgehead atoms. The van der Waals surface area contributed by atoms with Gasteiger partial charge in [0, 0.05) is 18.0 Å². The number of halogens is 3. The molecule has 5 nitrogen and oxygen atoms in total. The van der Waals surface area contributed by atoms with Gasteiger partial charge in [0.1, 0.15) is 23.5 Å². The lowest BCUT2D eigenvalue weighted by atomic mass is 9.96. The number of aromatic nitrogens is 2. The summed E-state index contributed by atoms with van der Waals surface area (Å²) in [6, 6.07) is 0. The van der Waals surface area contributed by atoms with Crippen molar-refractivity contribution in [3.05, 3.63) is 16.8 Å². The maximum absolute atomic E-state index is 12.4. The number of carbonyl (C=O) groups is 1. The Labute approximate surface area is 152 Å². The third kappa shape index (κ3) is 3.36. The summed E-state index contributed by atoms with van der Waals surface area (Å²) in [5, 5.41) is 3.09. The predicted molar refractivity (Wildman–Crippen MR) is 93.4 cm³/mol. The Hall–Kier alpha value is -1.90. The van der Waals surface area contributed by atoms with Crippen molar-refractivity contribution in [2.75, 3.05) is 24.5 Å². The molecule has 0 spiro atoms. The van der Waals surface area contributed by atoms with Crippen LogP contribution in [0.15, 0.2) is 6.33 Å². The number of aryl methyl sites for hydroxylation is 2. The molecule has 1 fully saturated rings. The van der Waals surface area contributed by atoms with Crippen LogP contribution in [0.25, 0.3) is 10.2 Å². The van der Waals surface area contributed by atoms with Gasteiger partial charge in [-0.25, -0.2) is 9.97 Å². The standard InChI is InChI=1S/C17H19F3N4OS/c18-17(19,20)8-21-15(25)10-3-2-6-24(7-10)14-13-11-4-1-5-12(11)26-16(13)23-9-22-14/h9-10H,1-8H2,(H,21,25). The van der Waals surface area contributed by atoms with Gasteiger partial charge in [0.25, 0.3) is 0 Å². The van der Waals surface area contributed by atoms with E-state index in [1.165, 1.54) is 16.8 Å². The van der Waals surface area contributed by atoms with E-state index in [9.17, 15) is 18.0 Å². The molecule has 9 heteroatoms. The number of alkyl halides is 3. The molecule has 1 aliphatic carbocycles. The monoisotopic (exact) mass is 384 g/mol. The number of fused-ring (bicyclic) bond motifs is 3. The van der Waals surface area contributed by atoms with Crippen molar-refractivity contribution in [2.45, 2.75) is 38.3 Å². The van der Waals surface area contributed by atoms with Crippen LogP contribution in [0.2, 0.25) is 0 Å². The second kappa shape index (κ2) is 6.68. The van der Waals surface area contributed by atoms with Crippen LogP contribution < -0.4 is 10.2 Å². The molecular formula is C17H19F3N4OS. The van der Waals surface area contributed by atoms with Crippen LogP contribution in [-0.4, -0.2) is 41.7 Å². The van der Waals surface area contributed by atoms with Gasteiger partial charge in [-0.1, -0.05) is 0 Å². The van der Waals surface area contributed by atoms with Crippen LogP contribution in [0.1, 0.15) is 29.7 Å². The van der Waals surface area contributed by atoms with Gasteiger partial charge >= 0.3 is 6.18 Å². The number of piperidine rings is 1. The van der Waals surface area contributed by atoms with E-state index in [0.29, 0.717) is 13.0 Å². The van der Waals surface area contributed by atoms with E-state index < -0.39 is 24.5 Å². The molecule has 1 saturated heterocycles. The summed E-state index contributed by atoms with van der Waals surface area (Å²) >= 11 is 1.70. The van der Waals surface area contributed by atoms with Crippen molar-refractivity contribution in [1.29, 1.82) is 0 Å². The number of amides is 1. The molecule has 0 radical (unpaired) electrons. The van der Waals surface area contributed by atoms with E-state index in [-0.39, 0.29) is 0 Å². The fraction of sp³-hybridized carbons (Fsp3) is 0.588. The molecule has 1 atom stereocenters. The van der Waals surface area contributed by atoms with Gasteiger partial charge in [-0.2, -0.15) is 13.2 Å².